The van der Waals surface area contributed by atoms with Gasteiger partial charge in [0.2, 0.25) is 0 Å². The average molecular weight is 761 g/mol. The van der Waals surface area contributed by atoms with E-state index in [2.05, 4.69) is 176 Å². The summed E-state index contributed by atoms with van der Waals surface area (Å²) in [6.07, 6.45) is 0. The molecule has 0 radical (unpaired) electrons. The van der Waals surface area contributed by atoms with Crippen molar-refractivity contribution in [3.63, 3.8) is 0 Å². The quantitative estimate of drug-likeness (QED) is 0.129. The van der Waals surface area contributed by atoms with Crippen LogP contribution in [0.4, 0.5) is 0 Å². The van der Waals surface area contributed by atoms with Crippen LogP contribution in [0.1, 0.15) is 5.56 Å². The third-order valence-electron chi connectivity index (χ3n) is 11.3. The maximum atomic E-state index is 10.1. The van der Waals surface area contributed by atoms with E-state index in [-0.39, 0.29) is 14.5 Å². The zero-order valence-corrected chi connectivity index (χ0v) is 31.5. The van der Waals surface area contributed by atoms with Crippen LogP contribution in [-0.2, 0) is 0 Å². The van der Waals surface area contributed by atoms with E-state index in [9.17, 15) is 5.26 Å². The molecule has 0 N–H and O–H groups in total. The van der Waals surface area contributed by atoms with Gasteiger partial charge in [0.1, 0.15) is 0 Å². The summed E-state index contributed by atoms with van der Waals surface area (Å²) in [5.41, 5.74) is 10.3. The Kier molecular flexibility index (Phi) is 7.32. The van der Waals surface area contributed by atoms with Crippen LogP contribution in [0.2, 0.25) is 0 Å². The van der Waals surface area contributed by atoms with Gasteiger partial charge in [-0.2, -0.15) is 0 Å². The Morgan fingerprint density at radius 3 is 1.29 bits per heavy atom. The normalized spacial score (nSPS) is 11.6. The molecule has 10 aromatic carbocycles. The first kappa shape index (κ1) is 31.7. The van der Waals surface area contributed by atoms with Crippen LogP contribution in [0, 0.1) is 11.3 Å². The van der Waals surface area contributed by atoms with Gasteiger partial charge < -0.3 is 0 Å². The fraction of sp³-hybridized carbons (Fsp3) is 0. The maximum absolute atomic E-state index is 10.1. The van der Waals surface area contributed by atoms with Crippen molar-refractivity contribution in [1.29, 1.82) is 5.26 Å². The summed E-state index contributed by atoms with van der Waals surface area (Å²) in [6.45, 7) is 0. The Labute approximate surface area is 324 Å². The van der Waals surface area contributed by atoms with Crippen LogP contribution in [0.5, 0.6) is 0 Å². The molecule has 2 heteroatoms. The molecule has 0 fully saturated rings. The van der Waals surface area contributed by atoms with E-state index >= 15 is 0 Å². The van der Waals surface area contributed by atoms with Crippen LogP contribution in [0.15, 0.2) is 188 Å². The molecule has 0 aliphatic heterocycles. The number of nitriles is 1. The minimum absolute atomic E-state index is 0.184. The molecule has 0 amide bonds. The van der Waals surface area contributed by atoms with Crippen molar-refractivity contribution in [1.82, 2.24) is 0 Å². The zero-order valence-electron chi connectivity index (χ0n) is 29.8. The SMILES string of the molecule is N#Cc1ccccc1-c1c2ccccc2c(-c2ccc3[se]c4cc(-c5c6ccccc6c(-c6ccccc6)c6ccccc56)ccc4c3c2)c2ccccc12. The molecule has 11 aromatic rings. The molecule has 11 rings (SSSR count). The second-order valence-corrected chi connectivity index (χ2v) is 16.5. The van der Waals surface area contributed by atoms with Gasteiger partial charge in [0.25, 0.3) is 0 Å². The van der Waals surface area contributed by atoms with E-state index in [1.807, 2.05) is 18.2 Å². The summed E-state index contributed by atoms with van der Waals surface area (Å²) in [5, 5.41) is 22.6. The summed E-state index contributed by atoms with van der Waals surface area (Å²) < 4.78 is 2.85. The van der Waals surface area contributed by atoms with Crippen LogP contribution >= 0.6 is 0 Å². The Hall–Kier alpha value is -6.75. The molecular weight excluding hydrogens is 730 g/mol. The first-order chi connectivity index (χ1) is 27.3. The number of hydrogen-bond acceptors (Lipinski definition) is 1. The molecule has 1 nitrogen and oxygen atoms in total. The Morgan fingerprint density at radius 1 is 0.309 bits per heavy atom. The van der Waals surface area contributed by atoms with Gasteiger partial charge in [0.05, 0.1) is 0 Å². The Bertz CT molecular complexity index is 3270. The van der Waals surface area contributed by atoms with Gasteiger partial charge in [-0.25, -0.2) is 0 Å². The molecule has 0 unspecified atom stereocenters. The number of fused-ring (bicyclic) bond motifs is 7. The fourth-order valence-electron chi connectivity index (χ4n) is 8.97. The van der Waals surface area contributed by atoms with E-state index in [0.717, 1.165) is 21.9 Å². The monoisotopic (exact) mass is 761 g/mol. The summed E-state index contributed by atoms with van der Waals surface area (Å²) in [5.74, 6) is 0. The standard InChI is InChI=1S/C53H31NSe/c54-32-36-16-4-5-17-37(36)53-45-24-12-10-22-43(45)51(44-23-11-13-25-46(44)53)34-27-29-48-47(30-34)38-28-26-35(31-49(38)55-48)52-41-20-8-6-18-39(41)50(33-14-2-1-3-15-33)40-19-7-9-21-42(40)52/h1-31H. The molecular formula is C53H31NSe. The molecule has 0 saturated carbocycles. The van der Waals surface area contributed by atoms with E-state index in [1.54, 1.807) is 0 Å². The molecule has 0 saturated heterocycles. The summed E-state index contributed by atoms with van der Waals surface area (Å²) >= 11 is 0.184. The van der Waals surface area contributed by atoms with Crippen LogP contribution < -0.4 is 0 Å². The number of benzene rings is 10. The van der Waals surface area contributed by atoms with Crippen molar-refractivity contribution >= 4 is 76.9 Å². The topological polar surface area (TPSA) is 23.8 Å². The first-order valence-electron chi connectivity index (χ1n) is 18.7. The fourth-order valence-corrected chi connectivity index (χ4v) is 11.3. The van der Waals surface area contributed by atoms with Gasteiger partial charge in [-0.3, -0.25) is 0 Å². The molecule has 0 bridgehead atoms. The van der Waals surface area contributed by atoms with Gasteiger partial charge in [-0.1, -0.05) is 0 Å². The molecule has 0 aliphatic rings. The van der Waals surface area contributed by atoms with Crippen LogP contribution in [0.3, 0.4) is 0 Å². The summed E-state index contributed by atoms with van der Waals surface area (Å²) in [7, 11) is 0. The molecule has 0 atom stereocenters. The molecule has 1 aromatic heterocycles. The van der Waals surface area contributed by atoms with Crippen molar-refractivity contribution < 1.29 is 0 Å². The average Bonchev–Trinajstić information content (AvgIpc) is 3.62. The van der Waals surface area contributed by atoms with Crippen LogP contribution in [-0.4, -0.2) is 14.5 Å². The van der Waals surface area contributed by atoms with E-state index in [0.29, 0.717) is 5.56 Å². The molecule has 0 aliphatic carbocycles. The predicted octanol–water partition coefficient (Wildman–Crippen LogP) is 14.2. The van der Waals surface area contributed by atoms with E-state index in [4.69, 9.17) is 0 Å². The number of rotatable bonds is 4. The minimum atomic E-state index is 0.184. The van der Waals surface area contributed by atoms with Gasteiger partial charge in [0, 0.05) is 0 Å². The van der Waals surface area contributed by atoms with Crippen molar-refractivity contribution in [2.45, 2.75) is 0 Å². The van der Waals surface area contributed by atoms with Crippen LogP contribution in [0.25, 0.3) is 107 Å². The van der Waals surface area contributed by atoms with Crippen molar-refractivity contribution in [3.05, 3.63) is 194 Å². The third-order valence-corrected chi connectivity index (χ3v) is 13.7. The molecule has 1 heterocycles. The van der Waals surface area contributed by atoms with E-state index in [1.165, 1.54) is 85.0 Å². The second kappa shape index (κ2) is 12.7. The number of hydrogen-bond donors (Lipinski definition) is 0. The molecule has 0 spiro atoms. The predicted molar refractivity (Wildman–Crippen MR) is 235 cm³/mol. The summed E-state index contributed by atoms with van der Waals surface area (Å²) in [6, 6.07) is 70.8. The Morgan fingerprint density at radius 2 is 0.745 bits per heavy atom. The van der Waals surface area contributed by atoms with Gasteiger partial charge in [-0.15, -0.1) is 0 Å². The van der Waals surface area contributed by atoms with Crippen molar-refractivity contribution in [3.8, 4) is 50.6 Å². The zero-order chi connectivity index (χ0) is 36.5. The van der Waals surface area contributed by atoms with Gasteiger partial charge >= 0.3 is 326 Å². The van der Waals surface area contributed by atoms with Gasteiger partial charge in [-0.05, 0) is 0 Å². The van der Waals surface area contributed by atoms with E-state index < -0.39 is 0 Å². The van der Waals surface area contributed by atoms with Gasteiger partial charge in [0.15, 0.2) is 0 Å². The third kappa shape index (κ3) is 4.92. The Balaban J connectivity index is 1.13. The van der Waals surface area contributed by atoms with Crippen molar-refractivity contribution in [2.24, 2.45) is 0 Å². The first-order valence-corrected chi connectivity index (χ1v) is 20.4. The molecule has 254 valence electrons. The number of nitrogens with zero attached hydrogens (tertiary/aromatic N) is 1. The molecule has 55 heavy (non-hydrogen) atoms. The van der Waals surface area contributed by atoms with Crippen molar-refractivity contribution in [2.75, 3.05) is 0 Å². The summed E-state index contributed by atoms with van der Waals surface area (Å²) in [4.78, 5) is 0. The second-order valence-electron chi connectivity index (χ2n) is 14.2.